The molecule has 0 fully saturated rings. The number of hydrogen-bond donors (Lipinski definition) is 0. The van der Waals surface area contributed by atoms with Crippen molar-refractivity contribution < 1.29 is 14.3 Å². The van der Waals surface area contributed by atoms with E-state index < -0.39 is 0 Å². The van der Waals surface area contributed by atoms with Gasteiger partial charge in [-0.25, -0.2) is 0 Å². The van der Waals surface area contributed by atoms with Crippen molar-refractivity contribution in [2.75, 3.05) is 21.3 Å². The quantitative estimate of drug-likeness (QED) is 0.674. The lowest BCUT2D eigenvalue weighted by atomic mass is 10.1. The smallest absolute Gasteiger partial charge is 0.266 e. The number of nitrogens with zero attached hydrogens (tertiary/aromatic N) is 2. The maximum Gasteiger partial charge on any atom is 0.266 e. The van der Waals surface area contributed by atoms with E-state index in [0.29, 0.717) is 17.2 Å². The van der Waals surface area contributed by atoms with Crippen molar-refractivity contribution in [3.8, 4) is 17.2 Å². The second-order valence-electron chi connectivity index (χ2n) is 5.56. The Morgan fingerprint density at radius 3 is 2.60 bits per heavy atom. The first kappa shape index (κ1) is 17.1. The van der Waals surface area contributed by atoms with E-state index in [-0.39, 0.29) is 5.91 Å². The van der Waals surface area contributed by atoms with Gasteiger partial charge in [0, 0.05) is 37.6 Å². The molecule has 3 rings (SSSR count). The Morgan fingerprint density at radius 1 is 1.16 bits per heavy atom. The minimum atomic E-state index is -0.0171. The summed E-state index contributed by atoms with van der Waals surface area (Å²) in [4.78, 5) is 15.3. The van der Waals surface area contributed by atoms with Crippen LogP contribution in [0.3, 0.4) is 0 Å². The second kappa shape index (κ2) is 7.44. The fraction of sp³-hybridized carbons (Fsp3) is 0.211. The molecule has 0 aliphatic heterocycles. The number of aromatic nitrogens is 1. The molecule has 130 valence electrons. The Labute approximate surface area is 151 Å². The van der Waals surface area contributed by atoms with Crippen LogP contribution in [0.25, 0.3) is 5.69 Å². The lowest BCUT2D eigenvalue weighted by Crippen LogP contribution is -2.26. The van der Waals surface area contributed by atoms with Crippen LogP contribution < -0.4 is 9.47 Å². The first-order valence-corrected chi connectivity index (χ1v) is 8.69. The van der Waals surface area contributed by atoms with Crippen molar-refractivity contribution >= 4 is 17.2 Å². The minimum Gasteiger partial charge on any atom is -0.497 e. The second-order valence-corrected chi connectivity index (χ2v) is 6.48. The summed E-state index contributed by atoms with van der Waals surface area (Å²) >= 11 is 1.45. The van der Waals surface area contributed by atoms with Crippen molar-refractivity contribution in [3.63, 3.8) is 0 Å². The van der Waals surface area contributed by atoms with E-state index in [1.165, 1.54) is 11.3 Å². The Hall–Kier alpha value is -2.73. The molecule has 3 aromatic rings. The van der Waals surface area contributed by atoms with Gasteiger partial charge >= 0.3 is 0 Å². The van der Waals surface area contributed by atoms with E-state index in [1.807, 2.05) is 58.7 Å². The fourth-order valence-corrected chi connectivity index (χ4v) is 3.53. The van der Waals surface area contributed by atoms with Crippen molar-refractivity contribution in [1.82, 2.24) is 9.47 Å². The maximum atomic E-state index is 12.9. The summed E-state index contributed by atoms with van der Waals surface area (Å²) in [6.07, 6.45) is 3.87. The summed E-state index contributed by atoms with van der Waals surface area (Å²) in [6, 6.07) is 11.5. The monoisotopic (exact) mass is 356 g/mol. The van der Waals surface area contributed by atoms with Gasteiger partial charge in [-0.05, 0) is 35.7 Å². The molecule has 5 nitrogen and oxygen atoms in total. The van der Waals surface area contributed by atoms with E-state index in [2.05, 4.69) is 0 Å². The molecule has 1 amide bonds. The molecule has 6 heteroatoms. The number of carbonyl (C=O) groups is 1. The molecule has 0 aliphatic carbocycles. The lowest BCUT2D eigenvalue weighted by Gasteiger charge is -2.19. The highest BCUT2D eigenvalue weighted by molar-refractivity contribution is 7.12. The van der Waals surface area contributed by atoms with Crippen molar-refractivity contribution in [1.29, 1.82) is 0 Å². The van der Waals surface area contributed by atoms with Gasteiger partial charge in [0.1, 0.15) is 16.4 Å². The number of rotatable bonds is 6. The normalized spacial score (nSPS) is 10.5. The third-order valence-electron chi connectivity index (χ3n) is 3.97. The highest BCUT2D eigenvalue weighted by atomic mass is 32.1. The van der Waals surface area contributed by atoms with Crippen molar-refractivity contribution in [2.45, 2.75) is 6.54 Å². The van der Waals surface area contributed by atoms with E-state index in [1.54, 1.807) is 26.2 Å². The molecular formula is C19H20N2O3S. The van der Waals surface area contributed by atoms with Crippen LogP contribution in [0.15, 0.2) is 54.2 Å². The van der Waals surface area contributed by atoms with Crippen LogP contribution in [0.2, 0.25) is 0 Å². The number of methoxy groups -OCH3 is 2. The third kappa shape index (κ3) is 3.53. The number of ether oxygens (including phenoxy) is 2. The number of hydrogen-bond acceptors (Lipinski definition) is 4. The Bertz CT molecular complexity index is 855. The summed E-state index contributed by atoms with van der Waals surface area (Å²) in [5.74, 6) is 1.41. The van der Waals surface area contributed by atoms with Crippen LogP contribution in [0.5, 0.6) is 11.5 Å². The largest absolute Gasteiger partial charge is 0.497 e. The number of benzene rings is 1. The summed E-state index contributed by atoms with van der Waals surface area (Å²) in [7, 11) is 5.03. The topological polar surface area (TPSA) is 43.7 Å². The number of thiophene rings is 1. The van der Waals surface area contributed by atoms with E-state index >= 15 is 0 Å². The maximum absolute atomic E-state index is 12.9. The molecule has 0 atom stereocenters. The van der Waals surface area contributed by atoms with Crippen LogP contribution in [-0.2, 0) is 6.54 Å². The minimum absolute atomic E-state index is 0.0171. The van der Waals surface area contributed by atoms with Crippen LogP contribution in [0.1, 0.15) is 15.2 Å². The average molecular weight is 356 g/mol. The first-order chi connectivity index (χ1) is 12.1. The number of carbonyl (C=O) groups excluding carboxylic acids is 1. The third-order valence-corrected chi connectivity index (χ3v) is 4.86. The van der Waals surface area contributed by atoms with Gasteiger partial charge in [0.15, 0.2) is 0 Å². The summed E-state index contributed by atoms with van der Waals surface area (Å²) in [5, 5.41) is 1.93. The molecule has 0 saturated heterocycles. The summed E-state index contributed by atoms with van der Waals surface area (Å²) < 4.78 is 12.6. The Kier molecular flexibility index (Phi) is 5.09. The van der Waals surface area contributed by atoms with Gasteiger partial charge in [0.05, 0.1) is 19.9 Å². The molecular weight excluding hydrogens is 336 g/mol. The predicted molar refractivity (Wildman–Crippen MR) is 99.0 cm³/mol. The zero-order valence-corrected chi connectivity index (χ0v) is 15.2. The van der Waals surface area contributed by atoms with Gasteiger partial charge in [-0.2, -0.15) is 0 Å². The zero-order valence-electron chi connectivity index (χ0n) is 14.4. The van der Waals surface area contributed by atoms with Crippen molar-refractivity contribution in [3.05, 3.63) is 64.6 Å². The molecule has 0 spiro atoms. The molecule has 0 N–H and O–H groups in total. The summed E-state index contributed by atoms with van der Waals surface area (Å²) in [6.45, 7) is 0.453. The molecule has 25 heavy (non-hydrogen) atoms. The van der Waals surface area contributed by atoms with Crippen LogP contribution in [0, 0.1) is 0 Å². The zero-order chi connectivity index (χ0) is 17.8. The van der Waals surface area contributed by atoms with Gasteiger partial charge in [0.25, 0.3) is 5.91 Å². The van der Waals surface area contributed by atoms with Gasteiger partial charge in [-0.3, -0.25) is 4.79 Å². The van der Waals surface area contributed by atoms with Gasteiger partial charge in [0.2, 0.25) is 0 Å². The van der Waals surface area contributed by atoms with Gasteiger partial charge in [-0.15, -0.1) is 11.3 Å². The lowest BCUT2D eigenvalue weighted by molar-refractivity contribution is 0.0789. The first-order valence-electron chi connectivity index (χ1n) is 7.81. The molecule has 2 heterocycles. The molecule has 2 aromatic heterocycles. The Balaban J connectivity index is 1.82. The van der Waals surface area contributed by atoms with Crippen LogP contribution in [0.4, 0.5) is 0 Å². The predicted octanol–water partition coefficient (Wildman–Crippen LogP) is 3.83. The molecule has 0 aliphatic rings. The van der Waals surface area contributed by atoms with E-state index in [9.17, 15) is 4.79 Å². The standard InChI is InChI=1S/C19H20N2O3S/c1-20(13-14-6-7-15(23-2)12-17(14)24-3)19(22)18-16(8-11-25-18)21-9-4-5-10-21/h4-12H,13H2,1-3H3. The summed E-state index contributed by atoms with van der Waals surface area (Å²) in [5.41, 5.74) is 1.83. The van der Waals surface area contributed by atoms with E-state index in [4.69, 9.17) is 9.47 Å². The molecule has 1 aromatic carbocycles. The van der Waals surface area contributed by atoms with Crippen molar-refractivity contribution in [2.24, 2.45) is 0 Å². The van der Waals surface area contributed by atoms with Gasteiger partial charge < -0.3 is 18.9 Å². The fourth-order valence-electron chi connectivity index (χ4n) is 2.64. The molecule has 0 bridgehead atoms. The molecule has 0 saturated carbocycles. The molecule has 0 radical (unpaired) electrons. The highest BCUT2D eigenvalue weighted by Gasteiger charge is 2.19. The van der Waals surface area contributed by atoms with Crippen LogP contribution >= 0.6 is 11.3 Å². The number of amides is 1. The average Bonchev–Trinajstić information content (AvgIpc) is 3.32. The van der Waals surface area contributed by atoms with Crippen LogP contribution in [-0.4, -0.2) is 36.6 Å². The van der Waals surface area contributed by atoms with E-state index in [0.717, 1.165) is 17.0 Å². The van der Waals surface area contributed by atoms with Gasteiger partial charge in [-0.1, -0.05) is 0 Å². The Morgan fingerprint density at radius 2 is 1.92 bits per heavy atom. The SMILES string of the molecule is COc1ccc(CN(C)C(=O)c2sccc2-n2cccc2)c(OC)c1. The highest BCUT2D eigenvalue weighted by Crippen LogP contribution is 2.27. The molecule has 0 unspecified atom stereocenters.